The maximum Gasteiger partial charge on any atom is 0.00731 e. The Bertz CT molecular complexity index is 631. The molecule has 0 aromatic rings. The minimum Gasteiger partial charge on any atom is -0.176 e. The standard InChI is InChI=1S/C27H46S2/c1-18(7-6-14-25(2,3)29)26(4)16-13-22-21-9-8-19-17-20(28)12-15-27(19,5)24(21)11-10-23(22)26/h8,18,20-24,28-29H,6-7,9-17H2,1-5H3/t18-,20?,21?,22-,23?,24-,26+,27?/m0/s1. The molecule has 29 heavy (non-hydrogen) atoms. The van der Waals surface area contributed by atoms with Crippen LogP contribution in [0.25, 0.3) is 0 Å². The summed E-state index contributed by atoms with van der Waals surface area (Å²) in [5.41, 5.74) is 2.85. The van der Waals surface area contributed by atoms with Crippen molar-refractivity contribution >= 4 is 25.3 Å². The SMILES string of the molecule is C[C@@H](CCCC(C)(C)S)[C@@]1(C)CC[C@H]2C3CC=C4CC(S)CCC4(C)[C@H]3CCC21. The van der Waals surface area contributed by atoms with Crippen molar-refractivity contribution in [2.75, 3.05) is 0 Å². The molecular weight excluding hydrogens is 388 g/mol. The van der Waals surface area contributed by atoms with Crippen molar-refractivity contribution in [1.82, 2.24) is 0 Å². The van der Waals surface area contributed by atoms with Crippen LogP contribution in [0.1, 0.15) is 105 Å². The zero-order valence-corrected chi connectivity index (χ0v) is 21.5. The highest BCUT2D eigenvalue weighted by Gasteiger charge is 2.57. The van der Waals surface area contributed by atoms with Crippen LogP contribution < -0.4 is 0 Å². The quantitative estimate of drug-likeness (QED) is 0.315. The van der Waals surface area contributed by atoms with Crippen molar-refractivity contribution in [3.05, 3.63) is 11.6 Å². The van der Waals surface area contributed by atoms with E-state index in [1.807, 2.05) is 0 Å². The molecule has 4 aliphatic rings. The summed E-state index contributed by atoms with van der Waals surface area (Å²) in [7, 11) is 0. The van der Waals surface area contributed by atoms with Crippen molar-refractivity contribution in [3.8, 4) is 0 Å². The Balaban J connectivity index is 1.47. The van der Waals surface area contributed by atoms with Crippen LogP contribution in [-0.4, -0.2) is 10.00 Å². The summed E-state index contributed by atoms with van der Waals surface area (Å²) in [4.78, 5) is 0. The van der Waals surface area contributed by atoms with Crippen molar-refractivity contribution in [1.29, 1.82) is 0 Å². The van der Waals surface area contributed by atoms with Crippen LogP contribution in [0.2, 0.25) is 0 Å². The molecule has 0 bridgehead atoms. The summed E-state index contributed by atoms with van der Waals surface area (Å²) in [6.45, 7) is 12.4. The first-order chi connectivity index (χ1) is 13.5. The molecule has 0 heterocycles. The largest absolute Gasteiger partial charge is 0.176 e. The van der Waals surface area contributed by atoms with E-state index >= 15 is 0 Å². The summed E-state index contributed by atoms with van der Waals surface area (Å²) < 4.78 is 0.185. The lowest BCUT2D eigenvalue weighted by atomic mass is 9.49. The van der Waals surface area contributed by atoms with Gasteiger partial charge in [0.2, 0.25) is 0 Å². The number of fused-ring (bicyclic) bond motifs is 5. The Labute approximate surface area is 192 Å². The van der Waals surface area contributed by atoms with Crippen LogP contribution in [0.5, 0.6) is 0 Å². The molecule has 3 saturated carbocycles. The number of rotatable bonds is 5. The molecule has 8 atom stereocenters. The van der Waals surface area contributed by atoms with E-state index in [-0.39, 0.29) is 4.75 Å². The highest BCUT2D eigenvalue weighted by atomic mass is 32.1. The Morgan fingerprint density at radius 1 is 1.07 bits per heavy atom. The maximum atomic E-state index is 4.84. The second-order valence-electron chi connectivity index (χ2n) is 12.5. The van der Waals surface area contributed by atoms with E-state index in [0.29, 0.717) is 16.1 Å². The van der Waals surface area contributed by atoms with Crippen molar-refractivity contribution in [3.63, 3.8) is 0 Å². The highest BCUT2D eigenvalue weighted by Crippen LogP contribution is 2.66. The number of thiol groups is 2. The van der Waals surface area contributed by atoms with Gasteiger partial charge in [0.15, 0.2) is 0 Å². The highest BCUT2D eigenvalue weighted by molar-refractivity contribution is 7.81. The monoisotopic (exact) mass is 434 g/mol. The van der Waals surface area contributed by atoms with Crippen LogP contribution in [0.15, 0.2) is 11.6 Å². The van der Waals surface area contributed by atoms with E-state index < -0.39 is 0 Å². The van der Waals surface area contributed by atoms with Gasteiger partial charge >= 0.3 is 0 Å². The average molecular weight is 435 g/mol. The normalized spacial score (nSPS) is 45.8. The number of hydrogen-bond acceptors (Lipinski definition) is 2. The molecule has 0 aromatic heterocycles. The van der Waals surface area contributed by atoms with Gasteiger partial charge in [0.25, 0.3) is 0 Å². The maximum absolute atomic E-state index is 4.84. The van der Waals surface area contributed by atoms with Crippen molar-refractivity contribution < 1.29 is 0 Å². The van der Waals surface area contributed by atoms with Gasteiger partial charge in [-0.15, -0.1) is 0 Å². The molecule has 0 nitrogen and oxygen atoms in total. The van der Waals surface area contributed by atoms with E-state index in [4.69, 9.17) is 25.3 Å². The molecular formula is C27H46S2. The molecule has 166 valence electrons. The minimum atomic E-state index is 0.185. The van der Waals surface area contributed by atoms with Gasteiger partial charge < -0.3 is 0 Å². The summed E-state index contributed by atoms with van der Waals surface area (Å²) >= 11 is 9.59. The van der Waals surface area contributed by atoms with Crippen LogP contribution >= 0.6 is 25.3 Å². The Morgan fingerprint density at radius 2 is 1.79 bits per heavy atom. The fraction of sp³-hybridized carbons (Fsp3) is 0.926. The molecule has 0 radical (unpaired) electrons. The van der Waals surface area contributed by atoms with Gasteiger partial charge in [-0.05, 0) is 98.2 Å². The van der Waals surface area contributed by atoms with Gasteiger partial charge in [-0.3, -0.25) is 0 Å². The van der Waals surface area contributed by atoms with Gasteiger partial charge in [0.1, 0.15) is 0 Å². The lowest BCUT2D eigenvalue weighted by Gasteiger charge is -2.56. The van der Waals surface area contributed by atoms with E-state index in [2.05, 4.69) is 40.7 Å². The van der Waals surface area contributed by atoms with Gasteiger partial charge in [-0.2, -0.15) is 25.3 Å². The van der Waals surface area contributed by atoms with Gasteiger partial charge in [0, 0.05) is 10.00 Å². The summed E-state index contributed by atoms with van der Waals surface area (Å²) in [5, 5.41) is 0.611. The molecule has 0 N–H and O–H groups in total. The molecule has 0 saturated heterocycles. The van der Waals surface area contributed by atoms with Crippen LogP contribution in [0.3, 0.4) is 0 Å². The van der Waals surface area contributed by atoms with Crippen LogP contribution in [-0.2, 0) is 0 Å². The third kappa shape index (κ3) is 4.12. The zero-order chi connectivity index (χ0) is 21.0. The molecule has 0 amide bonds. The van der Waals surface area contributed by atoms with E-state index in [1.54, 1.807) is 5.57 Å². The number of hydrogen-bond donors (Lipinski definition) is 2. The van der Waals surface area contributed by atoms with E-state index in [0.717, 1.165) is 29.6 Å². The topological polar surface area (TPSA) is 0 Å². The smallest absolute Gasteiger partial charge is 0.00731 e. The lowest BCUT2D eigenvalue weighted by Crippen LogP contribution is -2.48. The average Bonchev–Trinajstić information content (AvgIpc) is 3.00. The molecule has 4 aliphatic carbocycles. The van der Waals surface area contributed by atoms with Gasteiger partial charge in [-0.1, -0.05) is 59.1 Å². The fourth-order valence-electron chi connectivity index (χ4n) is 8.43. The number of allylic oxidation sites excluding steroid dienone is 2. The fourth-order valence-corrected chi connectivity index (χ4v) is 8.91. The molecule has 2 heteroatoms. The first-order valence-electron chi connectivity index (χ1n) is 12.6. The zero-order valence-electron chi connectivity index (χ0n) is 19.7. The summed E-state index contributed by atoms with van der Waals surface area (Å²) in [5.74, 6) is 4.74. The van der Waals surface area contributed by atoms with E-state index in [9.17, 15) is 0 Å². The molecule has 4 unspecified atom stereocenters. The Hall–Kier alpha value is 0.440. The third-order valence-electron chi connectivity index (χ3n) is 10.4. The minimum absolute atomic E-state index is 0.185. The second kappa shape index (κ2) is 8.09. The molecule has 0 spiro atoms. The van der Waals surface area contributed by atoms with Gasteiger partial charge in [0.05, 0.1) is 0 Å². The summed E-state index contributed by atoms with van der Waals surface area (Å²) in [6, 6.07) is 0. The van der Waals surface area contributed by atoms with Crippen molar-refractivity contribution in [2.24, 2.45) is 40.4 Å². The van der Waals surface area contributed by atoms with Crippen LogP contribution in [0, 0.1) is 40.4 Å². The first-order valence-corrected chi connectivity index (χ1v) is 13.6. The third-order valence-corrected chi connectivity index (χ3v) is 11.1. The molecule has 3 fully saturated rings. The lowest BCUT2D eigenvalue weighted by molar-refractivity contribution is -0.0222. The summed E-state index contributed by atoms with van der Waals surface area (Å²) in [6.07, 6.45) is 18.0. The molecule has 0 aliphatic heterocycles. The second-order valence-corrected chi connectivity index (χ2v) is 14.5. The predicted octanol–water partition coefficient (Wildman–Crippen LogP) is 8.38. The Kier molecular flexibility index (Phi) is 6.31. The molecule has 4 rings (SSSR count). The first kappa shape index (κ1) is 22.6. The van der Waals surface area contributed by atoms with Gasteiger partial charge in [-0.25, -0.2) is 0 Å². The van der Waals surface area contributed by atoms with E-state index in [1.165, 1.54) is 70.6 Å². The Morgan fingerprint density at radius 3 is 2.52 bits per heavy atom. The molecule has 0 aromatic carbocycles. The van der Waals surface area contributed by atoms with Crippen molar-refractivity contribution in [2.45, 2.75) is 115 Å². The predicted molar refractivity (Wildman–Crippen MR) is 134 cm³/mol. The van der Waals surface area contributed by atoms with Crippen LogP contribution in [0.4, 0.5) is 0 Å².